The molecule has 0 saturated heterocycles. The van der Waals surface area contributed by atoms with Gasteiger partial charge in [0.15, 0.2) is 0 Å². The number of hydrazone groups is 1. The van der Waals surface area contributed by atoms with E-state index < -0.39 is 15.9 Å². The van der Waals surface area contributed by atoms with Crippen molar-refractivity contribution in [3.8, 4) is 0 Å². The van der Waals surface area contributed by atoms with Crippen molar-refractivity contribution in [2.24, 2.45) is 5.10 Å². The van der Waals surface area contributed by atoms with E-state index in [0.717, 1.165) is 20.3 Å². The summed E-state index contributed by atoms with van der Waals surface area (Å²) in [7, 11) is -3.94. The van der Waals surface area contributed by atoms with Gasteiger partial charge in [0.05, 0.1) is 16.3 Å². The monoisotopic (exact) mass is 441 g/mol. The van der Waals surface area contributed by atoms with Crippen LogP contribution in [0.4, 0.5) is 5.69 Å². The van der Waals surface area contributed by atoms with Crippen molar-refractivity contribution in [3.05, 3.63) is 82.0 Å². The van der Waals surface area contributed by atoms with E-state index in [2.05, 4.69) is 10.5 Å². The maximum absolute atomic E-state index is 13.3. The fourth-order valence-electron chi connectivity index (χ4n) is 2.98. The van der Waals surface area contributed by atoms with E-state index in [1.807, 2.05) is 37.4 Å². The van der Waals surface area contributed by atoms with Crippen molar-refractivity contribution < 1.29 is 13.2 Å². The summed E-state index contributed by atoms with van der Waals surface area (Å²) in [6, 6.07) is 17.3. The summed E-state index contributed by atoms with van der Waals surface area (Å²) in [5.74, 6) is -0.524. The van der Waals surface area contributed by atoms with Crippen LogP contribution in [0.1, 0.15) is 22.9 Å². The number of nitrogens with one attached hydrogen (secondary N) is 1. The molecular formula is C22H23N3O3S2. The van der Waals surface area contributed by atoms with E-state index in [1.54, 1.807) is 37.3 Å². The molecule has 0 atom stereocenters. The van der Waals surface area contributed by atoms with E-state index >= 15 is 0 Å². The molecule has 1 aromatic heterocycles. The largest absolute Gasteiger partial charge is 0.271 e. The molecule has 0 unspecified atom stereocenters. The molecule has 0 bridgehead atoms. The Morgan fingerprint density at radius 3 is 2.30 bits per heavy atom. The zero-order valence-electron chi connectivity index (χ0n) is 17.0. The number of nitrogens with zero attached hydrogens (tertiary/aromatic N) is 2. The molecule has 0 radical (unpaired) electrons. The van der Waals surface area contributed by atoms with Crippen LogP contribution in [0, 0.1) is 13.8 Å². The van der Waals surface area contributed by atoms with Gasteiger partial charge < -0.3 is 0 Å². The van der Waals surface area contributed by atoms with E-state index in [-0.39, 0.29) is 11.4 Å². The zero-order valence-corrected chi connectivity index (χ0v) is 18.6. The van der Waals surface area contributed by atoms with Crippen LogP contribution in [0.3, 0.4) is 0 Å². The molecule has 6 nitrogen and oxygen atoms in total. The molecule has 0 aliphatic rings. The molecule has 1 N–H and O–H groups in total. The first-order valence-corrected chi connectivity index (χ1v) is 11.6. The van der Waals surface area contributed by atoms with Crippen LogP contribution in [-0.2, 0) is 14.8 Å². The van der Waals surface area contributed by atoms with Crippen LogP contribution < -0.4 is 9.73 Å². The molecule has 0 fully saturated rings. The predicted octanol–water partition coefficient (Wildman–Crippen LogP) is 4.10. The highest BCUT2D eigenvalue weighted by molar-refractivity contribution is 7.92. The van der Waals surface area contributed by atoms with Gasteiger partial charge in [0.25, 0.3) is 15.9 Å². The maximum Gasteiger partial charge on any atom is 0.264 e. The first-order chi connectivity index (χ1) is 14.3. The van der Waals surface area contributed by atoms with Gasteiger partial charge in [0.2, 0.25) is 0 Å². The summed E-state index contributed by atoms with van der Waals surface area (Å²) in [5.41, 5.74) is 5.38. The molecule has 3 rings (SSSR count). The third-order valence-electron chi connectivity index (χ3n) is 4.34. The quantitative estimate of drug-likeness (QED) is 0.443. The molecule has 1 amide bonds. The smallest absolute Gasteiger partial charge is 0.264 e. The van der Waals surface area contributed by atoms with Crippen molar-refractivity contribution in [3.63, 3.8) is 0 Å². The van der Waals surface area contributed by atoms with Gasteiger partial charge in [0, 0.05) is 4.88 Å². The van der Waals surface area contributed by atoms with Crippen molar-refractivity contribution in [2.45, 2.75) is 25.7 Å². The SMILES string of the molecule is C/C(=N/NC(=O)CN(c1cc(C)cc(C)c1)S(=O)(=O)c1ccccc1)c1cccs1. The van der Waals surface area contributed by atoms with Gasteiger partial charge in [-0.05, 0) is 67.6 Å². The number of sulfonamides is 1. The number of hydrogen-bond donors (Lipinski definition) is 1. The zero-order chi connectivity index (χ0) is 21.7. The second-order valence-corrected chi connectivity index (χ2v) is 9.69. The molecule has 0 aliphatic heterocycles. The van der Waals surface area contributed by atoms with Gasteiger partial charge in [-0.25, -0.2) is 13.8 Å². The van der Waals surface area contributed by atoms with Gasteiger partial charge in [-0.3, -0.25) is 9.10 Å². The van der Waals surface area contributed by atoms with Gasteiger partial charge >= 0.3 is 0 Å². The van der Waals surface area contributed by atoms with Gasteiger partial charge in [-0.2, -0.15) is 5.10 Å². The van der Waals surface area contributed by atoms with E-state index in [1.165, 1.54) is 23.5 Å². The molecule has 3 aromatic rings. The topological polar surface area (TPSA) is 78.8 Å². The number of thiophene rings is 1. The Balaban J connectivity index is 1.92. The highest BCUT2D eigenvalue weighted by atomic mass is 32.2. The Kier molecular flexibility index (Phi) is 6.69. The minimum Gasteiger partial charge on any atom is -0.271 e. The van der Waals surface area contributed by atoms with Crippen molar-refractivity contribution in [1.82, 2.24) is 5.43 Å². The number of carbonyl (C=O) groups is 1. The van der Waals surface area contributed by atoms with Crippen LogP contribution in [0.15, 0.2) is 76.0 Å². The summed E-state index contributed by atoms with van der Waals surface area (Å²) >= 11 is 1.51. The average molecular weight is 442 g/mol. The highest BCUT2D eigenvalue weighted by Gasteiger charge is 2.27. The number of benzene rings is 2. The molecule has 156 valence electrons. The molecule has 0 spiro atoms. The molecule has 30 heavy (non-hydrogen) atoms. The number of aryl methyl sites for hydroxylation is 2. The number of carbonyl (C=O) groups excluding carboxylic acids is 1. The minimum absolute atomic E-state index is 0.121. The van der Waals surface area contributed by atoms with Crippen molar-refractivity contribution >= 4 is 38.7 Å². The van der Waals surface area contributed by atoms with Crippen LogP contribution in [0.5, 0.6) is 0 Å². The van der Waals surface area contributed by atoms with Crippen LogP contribution in [0.25, 0.3) is 0 Å². The highest BCUT2D eigenvalue weighted by Crippen LogP contribution is 2.25. The Hall–Kier alpha value is -2.97. The standard InChI is InChI=1S/C22H23N3O3S2/c1-16-12-17(2)14-19(13-16)25(30(27,28)20-8-5-4-6-9-20)15-22(26)24-23-18(3)21-10-7-11-29-21/h4-14H,15H2,1-3H3,(H,24,26)/b23-18-. The molecule has 1 heterocycles. The molecule has 0 saturated carbocycles. The first-order valence-electron chi connectivity index (χ1n) is 9.30. The van der Waals surface area contributed by atoms with E-state index in [9.17, 15) is 13.2 Å². The third kappa shape index (κ3) is 5.14. The second-order valence-electron chi connectivity index (χ2n) is 6.88. The lowest BCUT2D eigenvalue weighted by molar-refractivity contribution is -0.119. The lowest BCUT2D eigenvalue weighted by atomic mass is 10.1. The van der Waals surface area contributed by atoms with Gasteiger partial charge in [-0.1, -0.05) is 30.3 Å². The average Bonchev–Trinajstić information content (AvgIpc) is 3.25. The maximum atomic E-state index is 13.3. The Labute approximate surface area is 180 Å². The Morgan fingerprint density at radius 1 is 1.03 bits per heavy atom. The summed E-state index contributed by atoms with van der Waals surface area (Å²) in [5, 5.41) is 6.03. The van der Waals surface area contributed by atoms with Gasteiger partial charge in [-0.15, -0.1) is 11.3 Å². The number of hydrogen-bond acceptors (Lipinski definition) is 5. The predicted molar refractivity (Wildman–Crippen MR) is 122 cm³/mol. The lowest BCUT2D eigenvalue weighted by Gasteiger charge is -2.24. The minimum atomic E-state index is -3.94. The summed E-state index contributed by atoms with van der Waals surface area (Å²) in [6.07, 6.45) is 0. The van der Waals surface area contributed by atoms with E-state index in [0.29, 0.717) is 11.4 Å². The first kappa shape index (κ1) is 21.7. The molecule has 0 aliphatic carbocycles. The summed E-state index contributed by atoms with van der Waals surface area (Å²) in [4.78, 5) is 13.7. The van der Waals surface area contributed by atoms with Crippen LogP contribution >= 0.6 is 11.3 Å². The fraction of sp³-hybridized carbons (Fsp3) is 0.182. The number of amides is 1. The van der Waals surface area contributed by atoms with Crippen molar-refractivity contribution in [1.29, 1.82) is 0 Å². The van der Waals surface area contributed by atoms with Crippen LogP contribution in [0.2, 0.25) is 0 Å². The fourth-order valence-corrected chi connectivity index (χ4v) is 5.08. The normalized spacial score (nSPS) is 11.9. The Bertz CT molecular complexity index is 1140. The molecule has 8 heteroatoms. The Morgan fingerprint density at radius 2 is 1.70 bits per heavy atom. The van der Waals surface area contributed by atoms with Crippen molar-refractivity contribution in [2.75, 3.05) is 10.8 Å². The number of rotatable bonds is 7. The lowest BCUT2D eigenvalue weighted by Crippen LogP contribution is -2.39. The molecular weight excluding hydrogens is 418 g/mol. The third-order valence-corrected chi connectivity index (χ3v) is 7.11. The number of anilines is 1. The summed E-state index contributed by atoms with van der Waals surface area (Å²) in [6.45, 7) is 5.17. The van der Waals surface area contributed by atoms with E-state index in [4.69, 9.17) is 0 Å². The molecule has 2 aromatic carbocycles. The van der Waals surface area contributed by atoms with Crippen LogP contribution in [-0.4, -0.2) is 26.6 Å². The second kappa shape index (κ2) is 9.23. The van der Waals surface area contributed by atoms with Gasteiger partial charge in [0.1, 0.15) is 6.54 Å². The summed E-state index contributed by atoms with van der Waals surface area (Å²) < 4.78 is 27.8.